The Morgan fingerprint density at radius 1 is 1.20 bits per heavy atom. The van der Waals surface area contributed by atoms with Crippen LogP contribution in [-0.4, -0.2) is 25.8 Å². The van der Waals surface area contributed by atoms with Crippen LogP contribution in [0.2, 0.25) is 5.02 Å². The number of oxime groups is 1. The van der Waals surface area contributed by atoms with Crippen molar-refractivity contribution >= 4 is 23.2 Å². The van der Waals surface area contributed by atoms with Gasteiger partial charge in [0.2, 0.25) is 0 Å². The van der Waals surface area contributed by atoms with Gasteiger partial charge >= 0.3 is 0 Å². The van der Waals surface area contributed by atoms with Crippen LogP contribution < -0.4 is 10.1 Å². The number of carbonyl (C=O) groups excluding carboxylic acids is 1. The van der Waals surface area contributed by atoms with Gasteiger partial charge in [-0.1, -0.05) is 41.0 Å². The van der Waals surface area contributed by atoms with Crippen LogP contribution >= 0.6 is 11.6 Å². The maximum absolute atomic E-state index is 12.1. The maximum Gasteiger partial charge on any atom is 0.273 e. The molecule has 2 aromatic rings. The fourth-order valence-corrected chi connectivity index (χ4v) is 2.56. The van der Waals surface area contributed by atoms with Crippen molar-refractivity contribution in [1.82, 2.24) is 5.32 Å². The third-order valence-electron chi connectivity index (χ3n) is 3.70. The van der Waals surface area contributed by atoms with Crippen molar-refractivity contribution in [2.75, 3.05) is 14.2 Å². The SMILES string of the molecule is CNC(=O)/C(=N/OC)c1ccccc1COc1cc(C)c(Cl)c(C)c1. The van der Waals surface area contributed by atoms with E-state index in [0.717, 1.165) is 27.5 Å². The van der Waals surface area contributed by atoms with Gasteiger partial charge in [-0.05, 0) is 42.7 Å². The molecule has 1 N–H and O–H groups in total. The minimum atomic E-state index is -0.326. The molecule has 1 amide bonds. The van der Waals surface area contributed by atoms with Crippen LogP contribution in [0.5, 0.6) is 5.75 Å². The number of carbonyl (C=O) groups is 1. The molecule has 2 rings (SSSR count). The normalized spacial score (nSPS) is 11.2. The standard InChI is InChI=1S/C19H21ClN2O3/c1-12-9-15(10-13(2)17(12)20)25-11-14-7-5-6-8-16(14)18(22-24-4)19(23)21-3/h5-10H,11H2,1-4H3,(H,21,23)/b22-18+. The number of halogens is 1. The van der Waals surface area contributed by atoms with E-state index in [9.17, 15) is 4.79 Å². The minimum Gasteiger partial charge on any atom is -0.489 e. The van der Waals surface area contributed by atoms with Crippen molar-refractivity contribution in [2.45, 2.75) is 20.5 Å². The molecule has 0 spiro atoms. The van der Waals surface area contributed by atoms with Crippen molar-refractivity contribution < 1.29 is 14.4 Å². The van der Waals surface area contributed by atoms with Crippen LogP contribution in [0, 0.1) is 13.8 Å². The smallest absolute Gasteiger partial charge is 0.273 e. The summed E-state index contributed by atoms with van der Waals surface area (Å²) in [6.45, 7) is 4.16. The zero-order valence-electron chi connectivity index (χ0n) is 14.7. The van der Waals surface area contributed by atoms with E-state index in [4.69, 9.17) is 21.2 Å². The average Bonchev–Trinajstić information content (AvgIpc) is 2.62. The van der Waals surface area contributed by atoms with Crippen LogP contribution in [-0.2, 0) is 16.2 Å². The average molecular weight is 361 g/mol. The summed E-state index contributed by atoms with van der Waals surface area (Å²) < 4.78 is 5.90. The number of likely N-dealkylation sites (N-methyl/N-ethyl adjacent to an activating group) is 1. The summed E-state index contributed by atoms with van der Waals surface area (Å²) in [4.78, 5) is 16.9. The lowest BCUT2D eigenvalue weighted by Gasteiger charge is -2.13. The molecule has 25 heavy (non-hydrogen) atoms. The van der Waals surface area contributed by atoms with Gasteiger partial charge in [-0.3, -0.25) is 4.79 Å². The van der Waals surface area contributed by atoms with Gasteiger partial charge in [0, 0.05) is 17.6 Å². The fourth-order valence-electron chi connectivity index (χ4n) is 2.45. The first kappa shape index (κ1) is 18.8. The molecular formula is C19H21ClN2O3. The van der Waals surface area contributed by atoms with Gasteiger partial charge in [-0.25, -0.2) is 0 Å². The van der Waals surface area contributed by atoms with E-state index in [1.807, 2.05) is 50.2 Å². The highest BCUT2D eigenvalue weighted by Gasteiger charge is 2.17. The van der Waals surface area contributed by atoms with E-state index in [2.05, 4.69) is 10.5 Å². The summed E-state index contributed by atoms with van der Waals surface area (Å²) >= 11 is 6.19. The zero-order chi connectivity index (χ0) is 18.4. The number of nitrogens with zero attached hydrogens (tertiary/aromatic N) is 1. The zero-order valence-corrected chi connectivity index (χ0v) is 15.5. The van der Waals surface area contributed by atoms with Gasteiger partial charge in [-0.2, -0.15) is 0 Å². The molecule has 0 unspecified atom stereocenters. The third-order valence-corrected chi connectivity index (χ3v) is 4.30. The lowest BCUT2D eigenvalue weighted by molar-refractivity contribution is -0.114. The van der Waals surface area contributed by atoms with Crippen LogP contribution in [0.25, 0.3) is 0 Å². The Bertz CT molecular complexity index is 780. The highest BCUT2D eigenvalue weighted by Crippen LogP contribution is 2.26. The lowest BCUT2D eigenvalue weighted by Crippen LogP contribution is -2.29. The van der Waals surface area contributed by atoms with Gasteiger partial charge in [-0.15, -0.1) is 0 Å². The van der Waals surface area contributed by atoms with E-state index < -0.39 is 0 Å². The summed E-state index contributed by atoms with van der Waals surface area (Å²) in [5.74, 6) is 0.395. The highest BCUT2D eigenvalue weighted by molar-refractivity contribution is 6.45. The van der Waals surface area contributed by atoms with Crippen molar-refractivity contribution in [3.63, 3.8) is 0 Å². The van der Waals surface area contributed by atoms with Crippen molar-refractivity contribution in [2.24, 2.45) is 5.16 Å². The maximum atomic E-state index is 12.1. The molecule has 0 aliphatic carbocycles. The van der Waals surface area contributed by atoms with Gasteiger partial charge < -0.3 is 14.9 Å². The summed E-state index contributed by atoms with van der Waals surface area (Å²) in [7, 11) is 2.95. The molecule has 0 aliphatic heterocycles. The number of ether oxygens (including phenoxy) is 1. The van der Waals surface area contributed by atoms with E-state index in [0.29, 0.717) is 5.56 Å². The van der Waals surface area contributed by atoms with Gasteiger partial charge in [0.25, 0.3) is 5.91 Å². The Balaban J connectivity index is 2.29. The van der Waals surface area contributed by atoms with E-state index in [-0.39, 0.29) is 18.2 Å². The Morgan fingerprint density at radius 3 is 2.44 bits per heavy atom. The number of benzene rings is 2. The van der Waals surface area contributed by atoms with E-state index in [1.54, 1.807) is 7.05 Å². The Hall–Kier alpha value is -2.53. The molecule has 0 radical (unpaired) electrons. The summed E-state index contributed by atoms with van der Waals surface area (Å²) in [6, 6.07) is 11.2. The van der Waals surface area contributed by atoms with Crippen molar-refractivity contribution in [3.05, 3.63) is 63.7 Å². The molecular weight excluding hydrogens is 340 g/mol. The second-order valence-corrected chi connectivity index (χ2v) is 5.90. The lowest BCUT2D eigenvalue weighted by atomic mass is 10.0. The molecule has 0 fully saturated rings. The fraction of sp³-hybridized carbons (Fsp3) is 0.263. The largest absolute Gasteiger partial charge is 0.489 e. The Labute approximate surface area is 152 Å². The first-order chi connectivity index (χ1) is 12.0. The molecule has 0 aromatic heterocycles. The van der Waals surface area contributed by atoms with Crippen molar-refractivity contribution in [1.29, 1.82) is 0 Å². The molecule has 0 saturated heterocycles. The molecule has 0 bridgehead atoms. The monoisotopic (exact) mass is 360 g/mol. The Morgan fingerprint density at radius 2 is 1.84 bits per heavy atom. The van der Waals surface area contributed by atoms with E-state index in [1.165, 1.54) is 7.11 Å². The Kier molecular flexibility index (Phi) is 6.42. The third kappa shape index (κ3) is 4.51. The first-order valence-electron chi connectivity index (χ1n) is 7.79. The van der Waals surface area contributed by atoms with Crippen LogP contribution in [0.3, 0.4) is 0 Å². The topological polar surface area (TPSA) is 59.9 Å². The highest BCUT2D eigenvalue weighted by atomic mass is 35.5. The molecule has 0 heterocycles. The second-order valence-electron chi connectivity index (χ2n) is 5.52. The molecule has 0 aliphatic rings. The molecule has 5 nitrogen and oxygen atoms in total. The molecule has 0 atom stereocenters. The summed E-state index contributed by atoms with van der Waals surface area (Å²) in [6.07, 6.45) is 0. The second kappa shape index (κ2) is 8.53. The number of hydrogen-bond acceptors (Lipinski definition) is 4. The molecule has 132 valence electrons. The summed E-state index contributed by atoms with van der Waals surface area (Å²) in [5.41, 5.74) is 3.60. The minimum absolute atomic E-state index is 0.202. The van der Waals surface area contributed by atoms with Gasteiger partial charge in [0.05, 0.1) is 0 Å². The van der Waals surface area contributed by atoms with Crippen LogP contribution in [0.15, 0.2) is 41.6 Å². The number of nitrogens with one attached hydrogen (secondary N) is 1. The van der Waals surface area contributed by atoms with E-state index >= 15 is 0 Å². The number of hydrogen-bond donors (Lipinski definition) is 1. The predicted molar refractivity (Wildman–Crippen MR) is 99.3 cm³/mol. The quantitative estimate of drug-likeness (QED) is 0.632. The van der Waals surface area contributed by atoms with Gasteiger partial charge in [0.15, 0.2) is 5.71 Å². The van der Waals surface area contributed by atoms with Gasteiger partial charge in [0.1, 0.15) is 19.5 Å². The van der Waals surface area contributed by atoms with Crippen LogP contribution in [0.4, 0.5) is 0 Å². The van der Waals surface area contributed by atoms with Crippen molar-refractivity contribution in [3.8, 4) is 5.75 Å². The molecule has 0 saturated carbocycles. The van der Waals surface area contributed by atoms with Crippen LogP contribution in [0.1, 0.15) is 22.3 Å². The predicted octanol–water partition coefficient (Wildman–Crippen LogP) is 3.63. The number of rotatable bonds is 6. The number of aryl methyl sites for hydroxylation is 2. The summed E-state index contributed by atoms with van der Waals surface area (Å²) in [5, 5.41) is 7.16. The first-order valence-corrected chi connectivity index (χ1v) is 8.16. The molecule has 6 heteroatoms. The number of amides is 1. The molecule has 2 aromatic carbocycles.